The molecule has 1 aromatic heterocycles. The number of carboxylic acid groups (broad SMARTS) is 3. The van der Waals surface area contributed by atoms with Crippen LogP contribution in [0.4, 0.5) is 0 Å². The van der Waals surface area contributed by atoms with Crippen molar-refractivity contribution in [1.29, 1.82) is 0 Å². The van der Waals surface area contributed by atoms with Crippen LogP contribution in [0.3, 0.4) is 0 Å². The smallest absolute Gasteiger partial charge is 0.320 e. The number of carbonyl (C=O) groups is 3. The highest BCUT2D eigenvalue weighted by molar-refractivity contribution is 5.74. The van der Waals surface area contributed by atoms with Crippen LogP contribution in [0.1, 0.15) is 31.5 Å². The topological polar surface area (TPSA) is 219 Å². The van der Waals surface area contributed by atoms with Crippen molar-refractivity contribution in [3.05, 3.63) is 54.1 Å². The lowest BCUT2D eigenvalue weighted by Crippen LogP contribution is -2.32. The largest absolute Gasteiger partial charge is 0.480 e. The van der Waals surface area contributed by atoms with Crippen molar-refractivity contribution in [2.24, 2.45) is 23.1 Å². The summed E-state index contributed by atoms with van der Waals surface area (Å²) >= 11 is 0. The van der Waals surface area contributed by atoms with Gasteiger partial charge in [-0.1, -0.05) is 44.2 Å². The second kappa shape index (κ2) is 15.5. The molecule has 0 aliphatic rings. The van der Waals surface area contributed by atoms with Gasteiger partial charge in [-0.3, -0.25) is 14.4 Å². The van der Waals surface area contributed by atoms with Gasteiger partial charge in [0.15, 0.2) is 0 Å². The minimum absolute atomic E-state index is 0.263. The fourth-order valence-corrected chi connectivity index (χ4v) is 2.28. The lowest BCUT2D eigenvalue weighted by molar-refractivity contribution is -0.139. The van der Waals surface area contributed by atoms with Crippen LogP contribution < -0.4 is 17.2 Å². The molecule has 0 fully saturated rings. The highest BCUT2D eigenvalue weighted by Crippen LogP contribution is 2.02. The number of nitrogens with one attached hydrogen (secondary N) is 1. The van der Waals surface area contributed by atoms with Crippen LogP contribution in [0.15, 0.2) is 42.9 Å². The molecule has 32 heavy (non-hydrogen) atoms. The number of H-pyrrole nitrogens is 1. The first-order valence-corrected chi connectivity index (χ1v) is 9.90. The third kappa shape index (κ3) is 13.9. The molecule has 0 aliphatic carbocycles. The number of carboxylic acids is 3. The van der Waals surface area contributed by atoms with Crippen molar-refractivity contribution in [2.75, 3.05) is 0 Å². The van der Waals surface area contributed by atoms with Crippen molar-refractivity contribution in [1.82, 2.24) is 9.97 Å². The van der Waals surface area contributed by atoms with Gasteiger partial charge in [0.25, 0.3) is 0 Å². The van der Waals surface area contributed by atoms with E-state index in [-0.39, 0.29) is 6.42 Å². The standard InChI is InChI=1S/C9H11NO2.C6H9N3O2.C6H13NO2/c10-8(9(11)12)6-7-4-2-1-3-5-7;7-5(6(10)11)1-4-2-8-3-9-4;1-4(2)3-5(7)6(8)9/h1-5,8H,6,10H2,(H,11,12);2-3,5H,1,7H2,(H,8,9)(H,10,11);4-5H,3,7H2,1-2H3,(H,8,9). The van der Waals surface area contributed by atoms with E-state index in [1.54, 1.807) is 6.20 Å². The van der Waals surface area contributed by atoms with E-state index in [4.69, 9.17) is 32.5 Å². The molecule has 3 unspecified atom stereocenters. The second-order valence-electron chi connectivity index (χ2n) is 7.42. The van der Waals surface area contributed by atoms with Crippen molar-refractivity contribution >= 4 is 17.9 Å². The summed E-state index contributed by atoms with van der Waals surface area (Å²) in [4.78, 5) is 37.3. The monoisotopic (exact) mass is 451 g/mol. The van der Waals surface area contributed by atoms with Gasteiger partial charge in [-0.25, -0.2) is 4.98 Å². The summed E-state index contributed by atoms with van der Waals surface area (Å²) in [6.07, 6.45) is 4.32. The number of nitrogens with zero attached hydrogens (tertiary/aromatic N) is 1. The Labute approximate surface area is 186 Å². The van der Waals surface area contributed by atoms with E-state index >= 15 is 0 Å². The summed E-state index contributed by atoms with van der Waals surface area (Å²) in [6, 6.07) is 6.99. The molecule has 11 nitrogen and oxygen atoms in total. The summed E-state index contributed by atoms with van der Waals surface area (Å²) < 4.78 is 0. The van der Waals surface area contributed by atoms with Gasteiger partial charge >= 0.3 is 17.9 Å². The van der Waals surface area contributed by atoms with Gasteiger partial charge in [0.2, 0.25) is 0 Å². The van der Waals surface area contributed by atoms with Gasteiger partial charge in [0.05, 0.1) is 12.0 Å². The molecular formula is C21H33N5O6. The Morgan fingerprint density at radius 3 is 1.75 bits per heavy atom. The van der Waals surface area contributed by atoms with Crippen LogP contribution in [0.5, 0.6) is 0 Å². The zero-order valence-corrected chi connectivity index (χ0v) is 18.2. The number of hydrogen-bond donors (Lipinski definition) is 7. The van der Waals surface area contributed by atoms with Gasteiger partial charge in [0, 0.05) is 12.6 Å². The first kappa shape index (κ1) is 28.7. The molecule has 0 spiro atoms. The van der Waals surface area contributed by atoms with E-state index in [1.807, 2.05) is 44.2 Å². The van der Waals surface area contributed by atoms with Crippen molar-refractivity contribution in [2.45, 2.75) is 51.2 Å². The summed E-state index contributed by atoms with van der Waals surface area (Å²) in [5, 5.41) is 25.2. The van der Waals surface area contributed by atoms with E-state index < -0.39 is 36.0 Å². The van der Waals surface area contributed by atoms with Crippen molar-refractivity contribution in [3.63, 3.8) is 0 Å². The summed E-state index contributed by atoms with van der Waals surface area (Å²) in [6.45, 7) is 3.89. The van der Waals surface area contributed by atoms with Crippen LogP contribution in [0.2, 0.25) is 0 Å². The Morgan fingerprint density at radius 2 is 1.38 bits per heavy atom. The number of imidazole rings is 1. The van der Waals surface area contributed by atoms with Gasteiger partial charge in [-0.15, -0.1) is 0 Å². The molecule has 0 saturated heterocycles. The zero-order valence-electron chi connectivity index (χ0n) is 18.2. The highest BCUT2D eigenvalue weighted by Gasteiger charge is 2.13. The first-order chi connectivity index (χ1) is 14.9. The third-order valence-electron chi connectivity index (χ3n) is 3.96. The van der Waals surface area contributed by atoms with Gasteiger partial charge in [-0.05, 0) is 24.3 Å². The van der Waals surface area contributed by atoms with Crippen molar-refractivity contribution < 1.29 is 29.7 Å². The second-order valence-corrected chi connectivity index (χ2v) is 7.42. The summed E-state index contributed by atoms with van der Waals surface area (Å²) in [7, 11) is 0. The number of aliphatic carboxylic acids is 3. The molecule has 178 valence electrons. The molecule has 0 saturated carbocycles. The van der Waals surface area contributed by atoms with Crippen LogP contribution >= 0.6 is 0 Å². The summed E-state index contributed by atoms with van der Waals surface area (Å²) in [5.41, 5.74) is 17.4. The number of aromatic amines is 1. The van der Waals surface area contributed by atoms with Crippen LogP contribution in [-0.2, 0) is 27.2 Å². The first-order valence-electron chi connectivity index (χ1n) is 9.90. The molecule has 2 aromatic rings. The minimum Gasteiger partial charge on any atom is -0.480 e. The van der Waals surface area contributed by atoms with E-state index in [9.17, 15) is 14.4 Å². The average Bonchev–Trinajstić information content (AvgIpc) is 3.22. The number of nitrogens with two attached hydrogens (primary N) is 3. The minimum atomic E-state index is -1.01. The van der Waals surface area contributed by atoms with E-state index in [1.165, 1.54) is 6.33 Å². The van der Waals surface area contributed by atoms with E-state index in [0.29, 0.717) is 24.5 Å². The maximum atomic E-state index is 10.4. The number of rotatable bonds is 9. The van der Waals surface area contributed by atoms with Crippen LogP contribution in [0, 0.1) is 5.92 Å². The maximum absolute atomic E-state index is 10.4. The molecule has 0 bridgehead atoms. The van der Waals surface area contributed by atoms with Crippen LogP contribution in [-0.4, -0.2) is 61.3 Å². The van der Waals surface area contributed by atoms with E-state index in [2.05, 4.69) is 9.97 Å². The predicted octanol–water partition coefficient (Wildman–Crippen LogP) is 0.450. The fraction of sp³-hybridized carbons (Fsp3) is 0.429. The Kier molecular flexibility index (Phi) is 13.9. The SMILES string of the molecule is CC(C)CC(N)C(=O)O.NC(Cc1c[nH]cn1)C(=O)O.NC(Cc1ccccc1)C(=O)O. The Balaban J connectivity index is 0.000000456. The molecule has 11 heteroatoms. The number of hydrogen-bond acceptors (Lipinski definition) is 7. The molecular weight excluding hydrogens is 418 g/mol. The maximum Gasteiger partial charge on any atom is 0.320 e. The van der Waals surface area contributed by atoms with Gasteiger partial charge < -0.3 is 37.5 Å². The molecule has 0 amide bonds. The molecule has 1 heterocycles. The Hall–Kier alpha value is -3.28. The highest BCUT2D eigenvalue weighted by atomic mass is 16.4. The van der Waals surface area contributed by atoms with E-state index in [0.717, 1.165) is 5.56 Å². The summed E-state index contributed by atoms with van der Waals surface area (Å²) in [5.74, 6) is -2.52. The quantitative estimate of drug-likeness (QED) is 0.279. The number of benzene rings is 1. The Bertz CT molecular complexity index is 798. The zero-order chi connectivity index (χ0) is 24.7. The average molecular weight is 452 g/mol. The lowest BCUT2D eigenvalue weighted by atomic mass is 10.1. The molecule has 10 N–H and O–H groups in total. The third-order valence-corrected chi connectivity index (χ3v) is 3.96. The predicted molar refractivity (Wildman–Crippen MR) is 119 cm³/mol. The normalized spacial score (nSPS) is 12.9. The molecule has 3 atom stereocenters. The number of aromatic nitrogens is 2. The van der Waals surface area contributed by atoms with Crippen LogP contribution in [0.25, 0.3) is 0 Å². The van der Waals surface area contributed by atoms with Gasteiger partial charge in [0.1, 0.15) is 18.1 Å². The fourth-order valence-electron chi connectivity index (χ4n) is 2.28. The van der Waals surface area contributed by atoms with Gasteiger partial charge in [-0.2, -0.15) is 0 Å². The molecule has 0 aliphatic heterocycles. The molecule has 0 radical (unpaired) electrons. The Morgan fingerprint density at radius 1 is 0.875 bits per heavy atom. The molecule has 2 rings (SSSR count). The van der Waals surface area contributed by atoms with Crippen molar-refractivity contribution in [3.8, 4) is 0 Å². The molecule has 1 aromatic carbocycles. The lowest BCUT2D eigenvalue weighted by Gasteiger charge is -2.07.